The van der Waals surface area contributed by atoms with Gasteiger partial charge in [0.2, 0.25) is 0 Å². The van der Waals surface area contributed by atoms with Gasteiger partial charge in [-0.2, -0.15) is 0 Å². The van der Waals surface area contributed by atoms with Gasteiger partial charge in [-0.25, -0.2) is 8.78 Å². The smallest absolute Gasteiger partial charge is 0.311 e. The summed E-state index contributed by atoms with van der Waals surface area (Å²) >= 11 is 5.96. The van der Waals surface area contributed by atoms with Crippen LogP contribution in [0, 0.1) is 11.6 Å². The molecule has 0 aliphatic rings. The third kappa shape index (κ3) is 2.96. The van der Waals surface area contributed by atoms with E-state index in [9.17, 15) is 18.7 Å². The summed E-state index contributed by atoms with van der Waals surface area (Å²) in [7, 11) is 0. The topological polar surface area (TPSA) is 37.3 Å². The lowest BCUT2D eigenvalue weighted by atomic mass is 9.91. The van der Waals surface area contributed by atoms with Crippen LogP contribution in [0.1, 0.15) is 17.0 Å². The van der Waals surface area contributed by atoms with Gasteiger partial charge in [-0.15, -0.1) is 0 Å². The van der Waals surface area contributed by atoms with Gasteiger partial charge in [-0.05, 0) is 30.2 Å². The van der Waals surface area contributed by atoms with Gasteiger partial charge in [0.25, 0.3) is 0 Å². The number of carboxylic acid groups (broad SMARTS) is 1. The monoisotopic (exact) mass is 296 g/mol. The molecule has 2 nitrogen and oxygen atoms in total. The van der Waals surface area contributed by atoms with Gasteiger partial charge in [0, 0.05) is 10.6 Å². The molecule has 0 saturated heterocycles. The van der Waals surface area contributed by atoms with Gasteiger partial charge in [0.1, 0.15) is 11.6 Å². The molecule has 0 heterocycles. The number of carboxylic acids is 1. The molecule has 104 valence electrons. The van der Waals surface area contributed by atoms with E-state index in [0.29, 0.717) is 5.56 Å². The van der Waals surface area contributed by atoms with Crippen LogP contribution in [0.2, 0.25) is 5.02 Å². The van der Waals surface area contributed by atoms with E-state index >= 15 is 0 Å². The Morgan fingerprint density at radius 1 is 1.10 bits per heavy atom. The molecule has 2 aromatic rings. The Kier molecular flexibility index (Phi) is 4.35. The minimum atomic E-state index is -1.18. The predicted molar refractivity (Wildman–Crippen MR) is 71.9 cm³/mol. The third-order valence-corrected chi connectivity index (χ3v) is 3.39. The Morgan fingerprint density at radius 3 is 2.25 bits per heavy atom. The Hall–Kier alpha value is -1.94. The molecule has 20 heavy (non-hydrogen) atoms. The van der Waals surface area contributed by atoms with Crippen LogP contribution in [0.4, 0.5) is 8.78 Å². The van der Waals surface area contributed by atoms with Crippen LogP contribution in [-0.4, -0.2) is 11.1 Å². The first kappa shape index (κ1) is 14.5. The standard InChI is InChI=1S/C15H11ClF2O2/c16-12-5-2-1-4-9(12)10(15(19)20)8-11-13(17)6-3-7-14(11)18/h1-7,10H,8H2,(H,19,20). The third-order valence-electron chi connectivity index (χ3n) is 3.05. The Balaban J connectivity index is 2.42. The lowest BCUT2D eigenvalue weighted by molar-refractivity contribution is -0.138. The molecule has 1 unspecified atom stereocenters. The molecule has 2 aromatic carbocycles. The zero-order chi connectivity index (χ0) is 14.7. The molecule has 0 fully saturated rings. The number of hydrogen-bond donors (Lipinski definition) is 1. The van der Waals surface area contributed by atoms with Crippen LogP contribution >= 0.6 is 11.6 Å². The molecule has 1 N–H and O–H groups in total. The maximum absolute atomic E-state index is 13.6. The normalized spacial score (nSPS) is 12.2. The summed E-state index contributed by atoms with van der Waals surface area (Å²) in [5.41, 5.74) is 0.0872. The van der Waals surface area contributed by atoms with Crippen molar-refractivity contribution < 1.29 is 18.7 Å². The van der Waals surface area contributed by atoms with Gasteiger partial charge in [0.05, 0.1) is 5.92 Å². The fourth-order valence-electron chi connectivity index (χ4n) is 2.02. The molecule has 5 heteroatoms. The first-order valence-electron chi connectivity index (χ1n) is 5.91. The SMILES string of the molecule is O=C(O)C(Cc1c(F)cccc1F)c1ccccc1Cl. The number of halogens is 3. The summed E-state index contributed by atoms with van der Waals surface area (Å²) in [5, 5.41) is 9.55. The largest absolute Gasteiger partial charge is 0.481 e. The molecule has 0 saturated carbocycles. The Bertz CT molecular complexity index is 623. The van der Waals surface area contributed by atoms with Gasteiger partial charge in [-0.1, -0.05) is 35.9 Å². The summed E-state index contributed by atoms with van der Waals surface area (Å²) in [5.74, 6) is -3.80. The molecular formula is C15H11ClF2O2. The van der Waals surface area contributed by atoms with Crippen molar-refractivity contribution in [1.82, 2.24) is 0 Å². The minimum Gasteiger partial charge on any atom is -0.481 e. The van der Waals surface area contributed by atoms with Crippen LogP contribution in [-0.2, 0) is 11.2 Å². The second-order valence-electron chi connectivity index (χ2n) is 4.32. The van der Waals surface area contributed by atoms with E-state index in [2.05, 4.69) is 0 Å². The number of carbonyl (C=O) groups is 1. The number of rotatable bonds is 4. The van der Waals surface area contributed by atoms with Gasteiger partial charge in [-0.3, -0.25) is 4.79 Å². The molecule has 0 bridgehead atoms. The highest BCUT2D eigenvalue weighted by atomic mass is 35.5. The van der Waals surface area contributed by atoms with Gasteiger partial charge < -0.3 is 5.11 Å². The molecule has 0 spiro atoms. The lowest BCUT2D eigenvalue weighted by Gasteiger charge is -2.15. The first-order chi connectivity index (χ1) is 9.50. The number of aliphatic carboxylic acids is 1. The quantitative estimate of drug-likeness (QED) is 0.925. The zero-order valence-corrected chi connectivity index (χ0v) is 11.1. The van der Waals surface area contributed by atoms with Crippen molar-refractivity contribution >= 4 is 17.6 Å². The summed E-state index contributed by atoms with van der Waals surface area (Å²) < 4.78 is 27.2. The van der Waals surface area contributed by atoms with Crippen molar-refractivity contribution in [3.8, 4) is 0 Å². The van der Waals surface area contributed by atoms with E-state index < -0.39 is 23.5 Å². The number of benzene rings is 2. The van der Waals surface area contributed by atoms with Crippen LogP contribution in [0.3, 0.4) is 0 Å². The van der Waals surface area contributed by atoms with Crippen LogP contribution in [0.15, 0.2) is 42.5 Å². The molecule has 0 aliphatic heterocycles. The summed E-state index contributed by atoms with van der Waals surface area (Å²) in [4.78, 5) is 11.4. The fourth-order valence-corrected chi connectivity index (χ4v) is 2.29. The molecule has 0 amide bonds. The second kappa shape index (κ2) is 6.01. The molecular weight excluding hydrogens is 286 g/mol. The van der Waals surface area contributed by atoms with Crippen molar-refractivity contribution in [1.29, 1.82) is 0 Å². The summed E-state index contributed by atoms with van der Waals surface area (Å²) in [6.07, 6.45) is -0.294. The van der Waals surface area contributed by atoms with Crippen LogP contribution in [0.5, 0.6) is 0 Å². The maximum atomic E-state index is 13.6. The van der Waals surface area contributed by atoms with E-state index in [1.807, 2.05) is 0 Å². The van der Waals surface area contributed by atoms with Crippen molar-refractivity contribution in [2.45, 2.75) is 12.3 Å². The highest BCUT2D eigenvalue weighted by Crippen LogP contribution is 2.29. The Labute approximate surface area is 119 Å². The van der Waals surface area contributed by atoms with Gasteiger partial charge in [0.15, 0.2) is 0 Å². The first-order valence-corrected chi connectivity index (χ1v) is 6.28. The molecule has 0 aliphatic carbocycles. The Morgan fingerprint density at radius 2 is 1.70 bits per heavy atom. The van der Waals surface area contributed by atoms with E-state index in [1.54, 1.807) is 24.3 Å². The maximum Gasteiger partial charge on any atom is 0.311 e. The van der Waals surface area contributed by atoms with Crippen molar-refractivity contribution in [2.75, 3.05) is 0 Å². The van der Waals surface area contributed by atoms with E-state index in [4.69, 9.17) is 11.6 Å². The zero-order valence-electron chi connectivity index (χ0n) is 10.3. The minimum absolute atomic E-state index is 0.250. The van der Waals surface area contributed by atoms with Crippen LogP contribution < -0.4 is 0 Å². The van der Waals surface area contributed by atoms with Crippen molar-refractivity contribution in [2.24, 2.45) is 0 Å². The van der Waals surface area contributed by atoms with E-state index in [1.165, 1.54) is 6.07 Å². The lowest BCUT2D eigenvalue weighted by Crippen LogP contribution is -2.16. The summed E-state index contributed by atoms with van der Waals surface area (Å²) in [6, 6.07) is 9.82. The molecule has 0 radical (unpaired) electrons. The average Bonchev–Trinajstić information content (AvgIpc) is 2.39. The van der Waals surface area contributed by atoms with Gasteiger partial charge >= 0.3 is 5.97 Å². The second-order valence-corrected chi connectivity index (χ2v) is 4.72. The molecule has 0 aromatic heterocycles. The van der Waals surface area contributed by atoms with Crippen molar-refractivity contribution in [3.05, 3.63) is 70.2 Å². The van der Waals surface area contributed by atoms with E-state index in [0.717, 1.165) is 12.1 Å². The highest BCUT2D eigenvalue weighted by molar-refractivity contribution is 6.31. The van der Waals surface area contributed by atoms with E-state index in [-0.39, 0.29) is 17.0 Å². The number of hydrogen-bond acceptors (Lipinski definition) is 1. The fraction of sp³-hybridized carbons (Fsp3) is 0.133. The predicted octanol–water partition coefficient (Wildman–Crippen LogP) is 4.03. The average molecular weight is 297 g/mol. The van der Waals surface area contributed by atoms with Crippen molar-refractivity contribution in [3.63, 3.8) is 0 Å². The summed E-state index contributed by atoms with van der Waals surface area (Å²) in [6.45, 7) is 0. The van der Waals surface area contributed by atoms with Crippen LogP contribution in [0.25, 0.3) is 0 Å². The molecule has 1 atom stereocenters. The highest BCUT2D eigenvalue weighted by Gasteiger charge is 2.25. The molecule has 2 rings (SSSR count).